The third kappa shape index (κ3) is 3.76. The number of nitrogens with one attached hydrogen (secondary N) is 1. The molecule has 2 aromatic rings. The first-order valence-electron chi connectivity index (χ1n) is 7.43. The summed E-state index contributed by atoms with van der Waals surface area (Å²) in [7, 11) is 1.85. The van der Waals surface area contributed by atoms with Crippen LogP contribution in [0.1, 0.15) is 36.7 Å². The zero-order valence-electron chi connectivity index (χ0n) is 12.6. The molecule has 0 saturated heterocycles. The highest BCUT2D eigenvalue weighted by Crippen LogP contribution is 2.17. The Hall–Kier alpha value is -1.55. The van der Waals surface area contributed by atoms with Crippen molar-refractivity contribution >= 4 is 28.4 Å². The molecule has 0 fully saturated rings. The highest BCUT2D eigenvalue weighted by Gasteiger charge is 2.16. The average molecular weight is 308 g/mol. The van der Waals surface area contributed by atoms with E-state index in [2.05, 4.69) is 17.3 Å². The third-order valence-corrected chi connectivity index (χ3v) is 3.96. The maximum absolute atomic E-state index is 12.4. The van der Waals surface area contributed by atoms with Gasteiger partial charge in [-0.1, -0.05) is 31.5 Å². The number of aromatic nitrogens is 2. The second-order valence-corrected chi connectivity index (χ2v) is 5.71. The monoisotopic (exact) mass is 307 g/mol. The molecule has 21 heavy (non-hydrogen) atoms. The van der Waals surface area contributed by atoms with Crippen molar-refractivity contribution in [1.82, 2.24) is 15.1 Å². The quantitative estimate of drug-likeness (QED) is 0.797. The topological polar surface area (TPSA) is 46.9 Å². The number of hydrogen-bond donors (Lipinski definition) is 1. The van der Waals surface area contributed by atoms with Crippen molar-refractivity contribution in [3.63, 3.8) is 0 Å². The molecule has 0 aliphatic rings. The second kappa shape index (κ2) is 7.46. The lowest BCUT2D eigenvalue weighted by Gasteiger charge is -2.15. The summed E-state index contributed by atoms with van der Waals surface area (Å²) in [6.07, 6.45) is 3.11. The number of rotatable bonds is 7. The van der Waals surface area contributed by atoms with Gasteiger partial charge in [-0.3, -0.25) is 9.48 Å². The minimum Gasteiger partial charge on any atom is -0.350 e. The molecule has 0 saturated carbocycles. The van der Waals surface area contributed by atoms with Crippen LogP contribution in [0.3, 0.4) is 0 Å². The minimum absolute atomic E-state index is 0.109. The summed E-state index contributed by atoms with van der Waals surface area (Å²) in [5.41, 5.74) is 1.46. The second-order valence-electron chi connectivity index (χ2n) is 5.33. The standard InChI is InChI=1S/C16H22ClN3O/c1-3-6-12(9-10-17)11-18-16(21)15-13-7-4-5-8-14(13)20(2)19-15/h4-5,7-8,12H,3,6,9-11H2,1-2H3,(H,18,21). The maximum atomic E-state index is 12.4. The van der Waals surface area contributed by atoms with E-state index < -0.39 is 0 Å². The molecule has 4 nitrogen and oxygen atoms in total. The van der Waals surface area contributed by atoms with Crippen LogP contribution in [0.15, 0.2) is 24.3 Å². The summed E-state index contributed by atoms with van der Waals surface area (Å²) in [4.78, 5) is 12.4. The average Bonchev–Trinajstić information content (AvgIpc) is 2.83. The molecule has 1 unspecified atom stereocenters. The molecule has 0 aliphatic carbocycles. The number of alkyl halides is 1. The van der Waals surface area contributed by atoms with Crippen LogP contribution in [0.4, 0.5) is 0 Å². The highest BCUT2D eigenvalue weighted by molar-refractivity contribution is 6.17. The Morgan fingerprint density at radius 3 is 2.86 bits per heavy atom. The molecule has 1 aromatic heterocycles. The van der Waals surface area contributed by atoms with Crippen LogP contribution >= 0.6 is 11.6 Å². The summed E-state index contributed by atoms with van der Waals surface area (Å²) in [6, 6.07) is 7.77. The van der Waals surface area contributed by atoms with Crippen molar-refractivity contribution in [2.75, 3.05) is 12.4 Å². The van der Waals surface area contributed by atoms with E-state index in [9.17, 15) is 4.79 Å². The Kier molecular flexibility index (Phi) is 5.62. The molecule has 0 spiro atoms. The zero-order chi connectivity index (χ0) is 15.2. The summed E-state index contributed by atoms with van der Waals surface area (Å²) in [6.45, 7) is 2.81. The SMILES string of the molecule is CCCC(CCCl)CNC(=O)c1nn(C)c2ccccc12. The molecule has 5 heteroatoms. The molecule has 0 bridgehead atoms. The molecular weight excluding hydrogens is 286 g/mol. The fraction of sp³-hybridized carbons (Fsp3) is 0.500. The Balaban J connectivity index is 2.08. The van der Waals surface area contributed by atoms with Gasteiger partial charge in [0, 0.05) is 24.9 Å². The van der Waals surface area contributed by atoms with Gasteiger partial charge in [0.2, 0.25) is 0 Å². The van der Waals surface area contributed by atoms with Gasteiger partial charge in [-0.2, -0.15) is 5.10 Å². The van der Waals surface area contributed by atoms with E-state index in [1.54, 1.807) is 4.68 Å². The van der Waals surface area contributed by atoms with Gasteiger partial charge in [0.25, 0.3) is 5.91 Å². The van der Waals surface area contributed by atoms with Crippen LogP contribution in [0.5, 0.6) is 0 Å². The number of carbonyl (C=O) groups is 1. The predicted octanol–water partition coefficient (Wildman–Crippen LogP) is 3.35. The minimum atomic E-state index is -0.109. The van der Waals surface area contributed by atoms with Crippen molar-refractivity contribution in [2.45, 2.75) is 26.2 Å². The molecule has 1 amide bonds. The van der Waals surface area contributed by atoms with Gasteiger partial charge in [-0.15, -0.1) is 11.6 Å². The first-order valence-corrected chi connectivity index (χ1v) is 7.96. The van der Waals surface area contributed by atoms with Crippen LogP contribution in [-0.4, -0.2) is 28.1 Å². The highest BCUT2D eigenvalue weighted by atomic mass is 35.5. The number of carbonyl (C=O) groups excluding carboxylic acids is 1. The number of nitrogens with zero attached hydrogens (tertiary/aromatic N) is 2. The molecule has 1 atom stereocenters. The van der Waals surface area contributed by atoms with E-state index in [1.165, 1.54) is 0 Å². The van der Waals surface area contributed by atoms with Gasteiger partial charge >= 0.3 is 0 Å². The number of aryl methyl sites for hydroxylation is 1. The number of halogens is 1. The lowest BCUT2D eigenvalue weighted by molar-refractivity contribution is 0.0942. The fourth-order valence-corrected chi connectivity index (χ4v) is 2.92. The summed E-state index contributed by atoms with van der Waals surface area (Å²) in [5, 5.41) is 8.23. The van der Waals surface area contributed by atoms with Gasteiger partial charge in [-0.25, -0.2) is 0 Å². The number of amides is 1. The van der Waals surface area contributed by atoms with Gasteiger partial charge < -0.3 is 5.32 Å². The Bertz CT molecular complexity index is 603. The van der Waals surface area contributed by atoms with E-state index in [0.717, 1.165) is 30.2 Å². The van der Waals surface area contributed by atoms with Crippen molar-refractivity contribution in [2.24, 2.45) is 13.0 Å². The molecule has 1 N–H and O–H groups in total. The van der Waals surface area contributed by atoms with Crippen LogP contribution in [-0.2, 0) is 7.05 Å². The number of fused-ring (bicyclic) bond motifs is 1. The lowest BCUT2D eigenvalue weighted by atomic mass is 10.0. The Morgan fingerprint density at radius 2 is 2.14 bits per heavy atom. The molecule has 2 rings (SSSR count). The molecular formula is C16H22ClN3O. The van der Waals surface area contributed by atoms with E-state index in [-0.39, 0.29) is 5.91 Å². The normalized spacial score (nSPS) is 12.5. The van der Waals surface area contributed by atoms with Crippen molar-refractivity contribution in [1.29, 1.82) is 0 Å². The maximum Gasteiger partial charge on any atom is 0.272 e. The Morgan fingerprint density at radius 1 is 1.38 bits per heavy atom. The largest absolute Gasteiger partial charge is 0.350 e. The summed E-state index contributed by atoms with van der Waals surface area (Å²) >= 11 is 5.82. The van der Waals surface area contributed by atoms with Gasteiger partial charge in [-0.05, 0) is 24.8 Å². The van der Waals surface area contributed by atoms with E-state index >= 15 is 0 Å². The Labute approximate surface area is 130 Å². The van der Waals surface area contributed by atoms with Crippen molar-refractivity contribution < 1.29 is 4.79 Å². The molecule has 0 radical (unpaired) electrons. The fourth-order valence-electron chi connectivity index (χ4n) is 2.61. The number of benzene rings is 1. The first-order chi connectivity index (χ1) is 10.2. The van der Waals surface area contributed by atoms with E-state index in [0.29, 0.717) is 24.0 Å². The van der Waals surface area contributed by atoms with Crippen LogP contribution < -0.4 is 5.32 Å². The number of para-hydroxylation sites is 1. The first kappa shape index (κ1) is 15.8. The molecule has 0 aliphatic heterocycles. The van der Waals surface area contributed by atoms with Crippen LogP contribution in [0, 0.1) is 5.92 Å². The number of hydrogen-bond acceptors (Lipinski definition) is 2. The van der Waals surface area contributed by atoms with Crippen LogP contribution in [0.25, 0.3) is 10.9 Å². The third-order valence-electron chi connectivity index (χ3n) is 3.74. The summed E-state index contributed by atoms with van der Waals surface area (Å²) < 4.78 is 1.74. The molecule has 1 aromatic carbocycles. The van der Waals surface area contributed by atoms with E-state index in [1.807, 2.05) is 31.3 Å². The van der Waals surface area contributed by atoms with Crippen LogP contribution in [0.2, 0.25) is 0 Å². The smallest absolute Gasteiger partial charge is 0.272 e. The summed E-state index contributed by atoms with van der Waals surface area (Å²) in [5.74, 6) is 0.960. The predicted molar refractivity (Wildman–Crippen MR) is 86.8 cm³/mol. The lowest BCUT2D eigenvalue weighted by Crippen LogP contribution is -2.30. The van der Waals surface area contributed by atoms with Crippen molar-refractivity contribution in [3.8, 4) is 0 Å². The van der Waals surface area contributed by atoms with Gasteiger partial charge in [0.05, 0.1) is 5.52 Å². The van der Waals surface area contributed by atoms with Gasteiger partial charge in [0.1, 0.15) is 0 Å². The molecule has 114 valence electrons. The molecule has 1 heterocycles. The van der Waals surface area contributed by atoms with Crippen molar-refractivity contribution in [3.05, 3.63) is 30.0 Å². The zero-order valence-corrected chi connectivity index (χ0v) is 13.4. The van der Waals surface area contributed by atoms with Gasteiger partial charge in [0.15, 0.2) is 5.69 Å². The van der Waals surface area contributed by atoms with E-state index in [4.69, 9.17) is 11.6 Å².